The van der Waals surface area contributed by atoms with Crippen LogP contribution in [0.5, 0.6) is 11.5 Å². The molecule has 0 spiro atoms. The zero-order chi connectivity index (χ0) is 21.9. The summed E-state index contributed by atoms with van der Waals surface area (Å²) in [6, 6.07) is 7.92. The van der Waals surface area contributed by atoms with Gasteiger partial charge in [-0.25, -0.2) is 0 Å². The number of likely N-dealkylation sites (tertiary alicyclic amines) is 1. The predicted octanol–water partition coefficient (Wildman–Crippen LogP) is 3.67. The van der Waals surface area contributed by atoms with Gasteiger partial charge in [0.1, 0.15) is 17.6 Å². The molecule has 1 amide bonds. The summed E-state index contributed by atoms with van der Waals surface area (Å²) in [7, 11) is 3.42. The quantitative estimate of drug-likeness (QED) is 0.281. The molecule has 0 saturated carbocycles. The van der Waals surface area contributed by atoms with Crippen molar-refractivity contribution < 1.29 is 14.3 Å². The number of nitrogens with zero attached hydrogens (tertiary/aromatic N) is 2. The highest BCUT2D eigenvalue weighted by Crippen LogP contribution is 2.20. The zero-order valence-electron chi connectivity index (χ0n) is 19.5. The van der Waals surface area contributed by atoms with Gasteiger partial charge in [-0.15, -0.1) is 24.0 Å². The Bertz CT molecular complexity index is 689. The fourth-order valence-corrected chi connectivity index (χ4v) is 3.72. The first-order valence-corrected chi connectivity index (χ1v) is 11.1. The topological polar surface area (TPSA) is 75.2 Å². The van der Waals surface area contributed by atoms with Crippen LogP contribution in [0.3, 0.4) is 0 Å². The molecule has 8 heteroatoms. The lowest BCUT2D eigenvalue weighted by Gasteiger charge is -2.35. The second-order valence-corrected chi connectivity index (χ2v) is 7.82. The van der Waals surface area contributed by atoms with Crippen LogP contribution in [0.15, 0.2) is 29.3 Å². The van der Waals surface area contributed by atoms with Crippen molar-refractivity contribution in [2.75, 3.05) is 33.8 Å². The molecule has 7 nitrogen and oxygen atoms in total. The van der Waals surface area contributed by atoms with Crippen molar-refractivity contribution in [1.29, 1.82) is 0 Å². The van der Waals surface area contributed by atoms with Crippen LogP contribution >= 0.6 is 24.0 Å². The fraction of sp³-hybridized carbons (Fsp3) is 0.652. The van der Waals surface area contributed by atoms with Crippen LogP contribution in [0.4, 0.5) is 0 Å². The van der Waals surface area contributed by atoms with E-state index >= 15 is 0 Å². The van der Waals surface area contributed by atoms with E-state index in [4.69, 9.17) is 9.47 Å². The van der Waals surface area contributed by atoms with E-state index < -0.39 is 0 Å². The number of ether oxygens (including phenoxy) is 2. The number of benzene rings is 1. The maximum atomic E-state index is 12.6. The standard InChI is InChI=1S/C23H38N4O3.HI/c1-6-18(7-2)22(28)27-13-11-19(12-14-27)26-23(24-4)25-16-17(3)30-21-10-8-9-20(15-21)29-5;/h8-10,15,17-19H,6-7,11-14,16H2,1-5H3,(H2,24,25,26);1H. The summed E-state index contributed by atoms with van der Waals surface area (Å²) < 4.78 is 11.2. The van der Waals surface area contributed by atoms with Crippen molar-refractivity contribution in [3.63, 3.8) is 0 Å². The van der Waals surface area contributed by atoms with E-state index in [9.17, 15) is 4.79 Å². The summed E-state index contributed by atoms with van der Waals surface area (Å²) in [4.78, 5) is 18.9. The number of hydrogen-bond donors (Lipinski definition) is 2. The van der Waals surface area contributed by atoms with Gasteiger partial charge in [0.2, 0.25) is 5.91 Å². The normalized spacial score (nSPS) is 15.8. The molecule has 1 aromatic rings. The van der Waals surface area contributed by atoms with E-state index in [2.05, 4.69) is 29.5 Å². The van der Waals surface area contributed by atoms with E-state index in [0.29, 0.717) is 18.5 Å². The lowest BCUT2D eigenvalue weighted by molar-refractivity contribution is -0.136. The molecule has 1 aromatic carbocycles. The molecule has 1 aliphatic rings. The van der Waals surface area contributed by atoms with Crippen LogP contribution < -0.4 is 20.1 Å². The number of hydrogen-bond acceptors (Lipinski definition) is 4. The molecule has 2 N–H and O–H groups in total. The Hall–Kier alpha value is -1.71. The number of halogens is 1. The summed E-state index contributed by atoms with van der Waals surface area (Å²) in [5.74, 6) is 2.79. The first-order chi connectivity index (χ1) is 14.5. The van der Waals surface area contributed by atoms with Gasteiger partial charge in [-0.05, 0) is 44.7 Å². The van der Waals surface area contributed by atoms with Crippen LogP contribution in [0.2, 0.25) is 0 Å². The highest BCUT2D eigenvalue weighted by atomic mass is 127. The molecule has 0 aromatic heterocycles. The maximum Gasteiger partial charge on any atom is 0.225 e. The molecule has 1 heterocycles. The van der Waals surface area contributed by atoms with Gasteiger partial charge in [-0.2, -0.15) is 0 Å². The van der Waals surface area contributed by atoms with Gasteiger partial charge in [0.05, 0.1) is 13.7 Å². The minimum absolute atomic E-state index is 0. The number of methoxy groups -OCH3 is 1. The Morgan fingerprint density at radius 2 is 1.87 bits per heavy atom. The van der Waals surface area contributed by atoms with Gasteiger partial charge in [0.15, 0.2) is 5.96 Å². The summed E-state index contributed by atoms with van der Waals surface area (Å²) in [6.45, 7) is 8.44. The Morgan fingerprint density at radius 3 is 2.45 bits per heavy atom. The van der Waals surface area contributed by atoms with Crippen LogP contribution in [0.1, 0.15) is 46.5 Å². The number of carbonyl (C=O) groups excluding carboxylic acids is 1. The van der Waals surface area contributed by atoms with Crippen LogP contribution in [-0.4, -0.2) is 62.7 Å². The van der Waals surface area contributed by atoms with Crippen molar-refractivity contribution >= 4 is 35.8 Å². The predicted molar refractivity (Wildman–Crippen MR) is 137 cm³/mol. The van der Waals surface area contributed by atoms with Gasteiger partial charge < -0.3 is 25.0 Å². The third-order valence-corrected chi connectivity index (χ3v) is 5.64. The fourth-order valence-electron chi connectivity index (χ4n) is 3.72. The molecular formula is C23H39IN4O3. The molecule has 31 heavy (non-hydrogen) atoms. The smallest absolute Gasteiger partial charge is 0.225 e. The van der Waals surface area contributed by atoms with Crippen molar-refractivity contribution in [3.8, 4) is 11.5 Å². The van der Waals surface area contributed by atoms with E-state index in [1.54, 1.807) is 14.2 Å². The Labute approximate surface area is 204 Å². The molecule has 0 radical (unpaired) electrons. The van der Waals surface area contributed by atoms with Crippen LogP contribution in [-0.2, 0) is 4.79 Å². The minimum atomic E-state index is -0.0323. The second kappa shape index (κ2) is 14.4. The van der Waals surface area contributed by atoms with E-state index in [1.165, 1.54) is 0 Å². The lowest BCUT2D eigenvalue weighted by atomic mass is 9.98. The SMILES string of the molecule is CCC(CC)C(=O)N1CCC(NC(=NC)NCC(C)Oc2cccc(OC)c2)CC1.I. The Kier molecular flexibility index (Phi) is 12.7. The number of piperidine rings is 1. The first-order valence-electron chi connectivity index (χ1n) is 11.1. The van der Waals surface area contributed by atoms with Crippen molar-refractivity contribution in [3.05, 3.63) is 24.3 Å². The van der Waals surface area contributed by atoms with Crippen molar-refractivity contribution in [2.24, 2.45) is 10.9 Å². The molecule has 1 unspecified atom stereocenters. The third kappa shape index (κ3) is 8.74. The first kappa shape index (κ1) is 27.3. The number of amides is 1. The van der Waals surface area contributed by atoms with Crippen molar-refractivity contribution in [2.45, 2.75) is 58.6 Å². The summed E-state index contributed by atoms with van der Waals surface area (Å²) in [6.07, 6.45) is 3.67. The van der Waals surface area contributed by atoms with E-state index in [-0.39, 0.29) is 36.0 Å². The summed E-state index contributed by atoms with van der Waals surface area (Å²) in [5, 5.41) is 6.82. The number of rotatable bonds is 9. The number of nitrogens with one attached hydrogen (secondary N) is 2. The molecule has 1 atom stereocenters. The number of carbonyl (C=O) groups is 1. The van der Waals surface area contributed by atoms with Gasteiger partial charge in [-0.3, -0.25) is 9.79 Å². The number of aliphatic imine (C=N–C) groups is 1. The second-order valence-electron chi connectivity index (χ2n) is 7.82. The van der Waals surface area contributed by atoms with Gasteiger partial charge in [0.25, 0.3) is 0 Å². The van der Waals surface area contributed by atoms with Crippen molar-refractivity contribution in [1.82, 2.24) is 15.5 Å². The molecule has 2 rings (SSSR count). The largest absolute Gasteiger partial charge is 0.497 e. The Morgan fingerprint density at radius 1 is 1.23 bits per heavy atom. The highest BCUT2D eigenvalue weighted by molar-refractivity contribution is 14.0. The molecule has 1 aliphatic heterocycles. The molecule has 1 saturated heterocycles. The average molecular weight is 546 g/mol. The summed E-state index contributed by atoms with van der Waals surface area (Å²) >= 11 is 0. The zero-order valence-corrected chi connectivity index (χ0v) is 21.8. The van der Waals surface area contributed by atoms with E-state index in [1.807, 2.05) is 36.1 Å². The van der Waals surface area contributed by atoms with Gasteiger partial charge in [0, 0.05) is 38.2 Å². The van der Waals surface area contributed by atoms with Gasteiger partial charge >= 0.3 is 0 Å². The Balaban J connectivity index is 0.00000480. The maximum absolute atomic E-state index is 12.6. The molecule has 0 bridgehead atoms. The van der Waals surface area contributed by atoms with Gasteiger partial charge in [-0.1, -0.05) is 19.9 Å². The van der Waals surface area contributed by atoms with E-state index in [0.717, 1.165) is 56.2 Å². The molecular weight excluding hydrogens is 507 g/mol. The average Bonchev–Trinajstić information content (AvgIpc) is 2.77. The minimum Gasteiger partial charge on any atom is -0.497 e. The monoisotopic (exact) mass is 546 g/mol. The highest BCUT2D eigenvalue weighted by Gasteiger charge is 2.26. The molecule has 1 fully saturated rings. The molecule has 176 valence electrons. The van der Waals surface area contributed by atoms with Crippen LogP contribution in [0, 0.1) is 5.92 Å². The third-order valence-electron chi connectivity index (χ3n) is 5.64. The number of guanidine groups is 1. The lowest BCUT2D eigenvalue weighted by Crippen LogP contribution is -2.51. The summed E-state index contributed by atoms with van der Waals surface area (Å²) in [5.41, 5.74) is 0. The van der Waals surface area contributed by atoms with Crippen LogP contribution in [0.25, 0.3) is 0 Å². The molecule has 0 aliphatic carbocycles.